The van der Waals surface area contributed by atoms with Gasteiger partial charge in [-0.1, -0.05) is 38.0 Å². The second-order valence-electron chi connectivity index (χ2n) is 4.18. The van der Waals surface area contributed by atoms with E-state index in [9.17, 15) is 0 Å². The van der Waals surface area contributed by atoms with Gasteiger partial charge in [-0.3, -0.25) is 4.98 Å². The van der Waals surface area contributed by atoms with E-state index >= 15 is 0 Å². The third-order valence-corrected chi connectivity index (χ3v) is 2.85. The van der Waals surface area contributed by atoms with Gasteiger partial charge in [-0.05, 0) is 25.0 Å². The van der Waals surface area contributed by atoms with Crippen molar-refractivity contribution in [3.05, 3.63) is 36.0 Å². The molecule has 84 valence electrons. The molecule has 0 aliphatic rings. The summed E-state index contributed by atoms with van der Waals surface area (Å²) >= 11 is 0. The topological polar surface area (TPSA) is 38.9 Å². The van der Waals surface area contributed by atoms with E-state index in [2.05, 4.69) is 30.1 Å². The zero-order valence-corrected chi connectivity index (χ0v) is 9.74. The maximum absolute atomic E-state index is 5.92. The van der Waals surface area contributed by atoms with Gasteiger partial charge in [0.05, 0.1) is 11.2 Å². The van der Waals surface area contributed by atoms with E-state index in [1.807, 2.05) is 12.1 Å². The minimum Gasteiger partial charge on any atom is -0.397 e. The molecule has 2 rings (SSSR count). The van der Waals surface area contributed by atoms with Gasteiger partial charge >= 0.3 is 0 Å². The Kier molecular flexibility index (Phi) is 3.40. The highest BCUT2D eigenvalue weighted by Gasteiger charge is 2.01. The van der Waals surface area contributed by atoms with Crippen LogP contribution in [0.2, 0.25) is 0 Å². The molecule has 1 heterocycles. The fourth-order valence-electron chi connectivity index (χ4n) is 1.91. The Bertz CT molecular complexity index is 477. The molecule has 2 heteroatoms. The number of nitrogens with zero attached hydrogens (tertiary/aromatic N) is 1. The molecular formula is C14H18N2. The zero-order chi connectivity index (χ0) is 11.4. The van der Waals surface area contributed by atoms with E-state index in [1.54, 1.807) is 0 Å². The quantitative estimate of drug-likeness (QED) is 0.624. The van der Waals surface area contributed by atoms with Gasteiger partial charge in [-0.15, -0.1) is 0 Å². The van der Waals surface area contributed by atoms with Gasteiger partial charge in [0.25, 0.3) is 0 Å². The number of pyridine rings is 1. The molecule has 1 aromatic heterocycles. The van der Waals surface area contributed by atoms with Crippen LogP contribution in [0.15, 0.2) is 30.3 Å². The Morgan fingerprint density at radius 2 is 2.00 bits per heavy atom. The molecule has 0 spiro atoms. The number of para-hydroxylation sites is 1. The Morgan fingerprint density at radius 3 is 2.81 bits per heavy atom. The number of rotatable bonds is 4. The average Bonchev–Trinajstić information content (AvgIpc) is 2.30. The molecule has 0 atom stereocenters. The molecule has 2 aromatic rings. The van der Waals surface area contributed by atoms with Gasteiger partial charge in [-0.2, -0.15) is 0 Å². The van der Waals surface area contributed by atoms with Crippen LogP contribution in [0.3, 0.4) is 0 Å². The van der Waals surface area contributed by atoms with Crippen molar-refractivity contribution in [3.8, 4) is 0 Å². The smallest absolute Gasteiger partial charge is 0.0934 e. The van der Waals surface area contributed by atoms with Crippen molar-refractivity contribution in [2.75, 3.05) is 5.73 Å². The summed E-state index contributed by atoms with van der Waals surface area (Å²) in [4.78, 5) is 4.62. The van der Waals surface area contributed by atoms with Crippen molar-refractivity contribution in [3.63, 3.8) is 0 Å². The van der Waals surface area contributed by atoms with Gasteiger partial charge in [0, 0.05) is 11.1 Å². The lowest BCUT2D eigenvalue weighted by atomic mass is 10.1. The van der Waals surface area contributed by atoms with E-state index in [4.69, 9.17) is 5.73 Å². The van der Waals surface area contributed by atoms with Gasteiger partial charge < -0.3 is 5.73 Å². The molecule has 0 saturated heterocycles. The number of unbranched alkanes of at least 4 members (excludes halogenated alkanes) is 2. The van der Waals surface area contributed by atoms with Crippen LogP contribution in [0.25, 0.3) is 10.9 Å². The highest BCUT2D eigenvalue weighted by Crippen LogP contribution is 2.19. The molecular weight excluding hydrogens is 196 g/mol. The highest BCUT2D eigenvalue weighted by atomic mass is 14.7. The molecule has 16 heavy (non-hydrogen) atoms. The standard InChI is InChI=1S/C14H18N2/c1-2-3-4-7-12-10-9-11-6-5-8-13(15)14(11)16-12/h5-6,8-10H,2-4,7,15H2,1H3. The number of nitrogen functional groups attached to an aromatic ring is 1. The number of fused-ring (bicyclic) bond motifs is 1. The molecule has 0 unspecified atom stereocenters. The van der Waals surface area contributed by atoms with Gasteiger partial charge in [-0.25, -0.2) is 0 Å². The minimum absolute atomic E-state index is 0.773. The molecule has 0 fully saturated rings. The van der Waals surface area contributed by atoms with Crippen molar-refractivity contribution >= 4 is 16.6 Å². The predicted octanol–water partition coefficient (Wildman–Crippen LogP) is 3.55. The summed E-state index contributed by atoms with van der Waals surface area (Å²) in [5.41, 5.74) is 8.78. The first-order valence-electron chi connectivity index (χ1n) is 5.95. The molecule has 2 nitrogen and oxygen atoms in total. The summed E-state index contributed by atoms with van der Waals surface area (Å²) < 4.78 is 0. The lowest BCUT2D eigenvalue weighted by molar-refractivity contribution is 0.709. The van der Waals surface area contributed by atoms with E-state index in [1.165, 1.54) is 19.3 Å². The van der Waals surface area contributed by atoms with Crippen molar-refractivity contribution in [2.45, 2.75) is 32.6 Å². The minimum atomic E-state index is 0.773. The molecule has 0 aliphatic carbocycles. The summed E-state index contributed by atoms with van der Waals surface area (Å²) in [5, 5.41) is 1.12. The maximum atomic E-state index is 5.92. The Labute approximate surface area is 96.5 Å². The van der Waals surface area contributed by atoms with E-state index in [0.29, 0.717) is 0 Å². The van der Waals surface area contributed by atoms with Crippen molar-refractivity contribution in [1.82, 2.24) is 4.98 Å². The maximum Gasteiger partial charge on any atom is 0.0934 e. The van der Waals surface area contributed by atoms with Crippen LogP contribution < -0.4 is 5.73 Å². The monoisotopic (exact) mass is 214 g/mol. The number of hydrogen-bond donors (Lipinski definition) is 1. The predicted molar refractivity (Wildman–Crippen MR) is 69.4 cm³/mol. The average molecular weight is 214 g/mol. The van der Waals surface area contributed by atoms with Crippen LogP contribution in [0.1, 0.15) is 31.9 Å². The highest BCUT2D eigenvalue weighted by molar-refractivity contribution is 5.89. The summed E-state index contributed by atoms with van der Waals surface area (Å²) in [6.07, 6.45) is 4.78. The second-order valence-corrected chi connectivity index (χ2v) is 4.18. The number of aromatic nitrogens is 1. The van der Waals surface area contributed by atoms with Gasteiger partial charge in [0.15, 0.2) is 0 Å². The molecule has 0 bridgehead atoms. The normalized spacial score (nSPS) is 10.8. The molecule has 0 saturated carbocycles. The first-order valence-corrected chi connectivity index (χ1v) is 5.95. The van der Waals surface area contributed by atoms with Gasteiger partial charge in [0.1, 0.15) is 0 Å². The van der Waals surface area contributed by atoms with Crippen LogP contribution in [0.5, 0.6) is 0 Å². The zero-order valence-electron chi connectivity index (χ0n) is 9.74. The van der Waals surface area contributed by atoms with E-state index in [0.717, 1.165) is 28.7 Å². The van der Waals surface area contributed by atoms with Crippen LogP contribution >= 0.6 is 0 Å². The molecule has 2 N–H and O–H groups in total. The van der Waals surface area contributed by atoms with Crippen molar-refractivity contribution < 1.29 is 0 Å². The first-order chi connectivity index (χ1) is 7.81. The van der Waals surface area contributed by atoms with Gasteiger partial charge in [0.2, 0.25) is 0 Å². The Hall–Kier alpha value is -1.57. The number of hydrogen-bond acceptors (Lipinski definition) is 2. The molecule has 0 aliphatic heterocycles. The SMILES string of the molecule is CCCCCc1ccc2cccc(N)c2n1. The summed E-state index contributed by atoms with van der Waals surface area (Å²) in [7, 11) is 0. The van der Waals surface area contributed by atoms with Crippen LogP contribution in [0, 0.1) is 0 Å². The second kappa shape index (κ2) is 4.97. The summed E-state index contributed by atoms with van der Waals surface area (Å²) in [6.45, 7) is 2.21. The number of anilines is 1. The number of benzene rings is 1. The summed E-state index contributed by atoms with van der Waals surface area (Å²) in [6, 6.07) is 10.1. The fraction of sp³-hybridized carbons (Fsp3) is 0.357. The third kappa shape index (κ3) is 2.32. The van der Waals surface area contributed by atoms with E-state index < -0.39 is 0 Å². The molecule has 0 radical (unpaired) electrons. The van der Waals surface area contributed by atoms with Crippen molar-refractivity contribution in [1.29, 1.82) is 0 Å². The third-order valence-electron chi connectivity index (χ3n) is 2.85. The first kappa shape index (κ1) is 10.9. The van der Waals surface area contributed by atoms with Crippen LogP contribution in [0.4, 0.5) is 5.69 Å². The largest absolute Gasteiger partial charge is 0.397 e. The number of nitrogens with two attached hydrogens (primary N) is 1. The lowest BCUT2D eigenvalue weighted by Gasteiger charge is -2.04. The molecule has 1 aromatic carbocycles. The fourth-order valence-corrected chi connectivity index (χ4v) is 1.91. The Morgan fingerprint density at radius 1 is 1.12 bits per heavy atom. The van der Waals surface area contributed by atoms with Crippen molar-refractivity contribution in [2.24, 2.45) is 0 Å². The van der Waals surface area contributed by atoms with Crippen LogP contribution in [-0.2, 0) is 6.42 Å². The van der Waals surface area contributed by atoms with Crippen LogP contribution in [-0.4, -0.2) is 4.98 Å². The number of aryl methyl sites for hydroxylation is 1. The van der Waals surface area contributed by atoms with E-state index in [-0.39, 0.29) is 0 Å². The lowest BCUT2D eigenvalue weighted by Crippen LogP contribution is -1.94. The molecule has 0 amide bonds. The Balaban J connectivity index is 2.25. The summed E-state index contributed by atoms with van der Waals surface area (Å²) in [5.74, 6) is 0.